The molecule has 0 aliphatic heterocycles. The van der Waals surface area contributed by atoms with E-state index >= 15 is 0 Å². The van der Waals surface area contributed by atoms with Crippen LogP contribution in [0, 0.1) is 13.8 Å². The van der Waals surface area contributed by atoms with Crippen molar-refractivity contribution in [2.45, 2.75) is 32.9 Å². The molecule has 3 aromatic heterocycles. The molecule has 0 amide bonds. The van der Waals surface area contributed by atoms with Crippen LogP contribution >= 0.6 is 0 Å². The average molecular weight is 470 g/mol. The van der Waals surface area contributed by atoms with Crippen LogP contribution < -0.4 is 11.4 Å². The van der Waals surface area contributed by atoms with Gasteiger partial charge in [-0.05, 0) is 54.3 Å². The van der Waals surface area contributed by atoms with Crippen LogP contribution in [0.2, 0.25) is 0 Å². The molecule has 8 nitrogen and oxygen atoms in total. The Bertz CT molecular complexity index is 1640. The molecule has 1 atom stereocenters. The number of carbonyl (C=O) groups is 1. The van der Waals surface area contributed by atoms with Crippen molar-refractivity contribution in [1.82, 2.24) is 18.7 Å². The van der Waals surface area contributed by atoms with Crippen LogP contribution in [-0.4, -0.2) is 29.8 Å². The Hall–Kier alpha value is -4.33. The van der Waals surface area contributed by atoms with Gasteiger partial charge in [-0.3, -0.25) is 13.9 Å². The van der Waals surface area contributed by atoms with E-state index in [0.717, 1.165) is 27.6 Å². The molecule has 0 aliphatic rings. The molecule has 0 fully saturated rings. The summed E-state index contributed by atoms with van der Waals surface area (Å²) in [6, 6.07) is 16.2. The first-order valence-electron chi connectivity index (χ1n) is 11.4. The summed E-state index contributed by atoms with van der Waals surface area (Å²) in [6.07, 6.45) is 1.79. The number of nitrogen functional groups attached to an aromatic ring is 1. The lowest BCUT2D eigenvalue weighted by atomic mass is 10.0. The Balaban J connectivity index is 1.75. The van der Waals surface area contributed by atoms with Gasteiger partial charge >= 0.3 is 11.7 Å². The van der Waals surface area contributed by atoms with Gasteiger partial charge in [-0.1, -0.05) is 36.4 Å². The van der Waals surface area contributed by atoms with Crippen molar-refractivity contribution in [2.24, 2.45) is 7.05 Å². The van der Waals surface area contributed by atoms with Crippen molar-refractivity contribution in [3.05, 3.63) is 93.5 Å². The van der Waals surface area contributed by atoms with Gasteiger partial charge < -0.3 is 15.4 Å². The molecule has 5 aromatic rings. The number of aliphatic carboxylic acids is 1. The first-order chi connectivity index (χ1) is 16.7. The van der Waals surface area contributed by atoms with Gasteiger partial charge in [-0.2, -0.15) is 0 Å². The van der Waals surface area contributed by atoms with E-state index in [0.29, 0.717) is 17.7 Å². The fraction of sp³-hybridized carbons (Fsp3) is 0.222. The van der Waals surface area contributed by atoms with E-state index in [1.54, 1.807) is 16.7 Å². The largest absolute Gasteiger partial charge is 0.481 e. The summed E-state index contributed by atoms with van der Waals surface area (Å²) in [5.41, 5.74) is 11.8. The highest BCUT2D eigenvalue weighted by Crippen LogP contribution is 2.29. The minimum atomic E-state index is -1.00. The Kier molecular flexibility index (Phi) is 5.43. The van der Waals surface area contributed by atoms with Crippen LogP contribution in [0.3, 0.4) is 0 Å². The highest BCUT2D eigenvalue weighted by atomic mass is 16.4. The van der Waals surface area contributed by atoms with Crippen molar-refractivity contribution >= 4 is 33.9 Å². The second kappa shape index (κ2) is 8.47. The van der Waals surface area contributed by atoms with Gasteiger partial charge in [0.25, 0.3) is 0 Å². The molecule has 0 saturated carbocycles. The van der Waals surface area contributed by atoms with Crippen molar-refractivity contribution in [3.63, 3.8) is 0 Å². The van der Waals surface area contributed by atoms with Crippen molar-refractivity contribution in [1.29, 1.82) is 0 Å². The topological polar surface area (TPSA) is 108 Å². The van der Waals surface area contributed by atoms with Crippen LogP contribution in [0.5, 0.6) is 0 Å². The zero-order chi connectivity index (χ0) is 24.9. The zero-order valence-corrected chi connectivity index (χ0v) is 19.9. The number of fused-ring (bicyclic) bond motifs is 2. The summed E-state index contributed by atoms with van der Waals surface area (Å²) in [5.74, 6) is -0.738. The second-order valence-electron chi connectivity index (χ2n) is 9.08. The number of anilines is 1. The number of carboxylic acids is 1. The van der Waals surface area contributed by atoms with E-state index in [1.165, 1.54) is 10.1 Å². The van der Waals surface area contributed by atoms with E-state index in [1.807, 2.05) is 43.6 Å². The van der Waals surface area contributed by atoms with E-state index in [4.69, 9.17) is 5.73 Å². The van der Waals surface area contributed by atoms with Gasteiger partial charge in [0, 0.05) is 24.1 Å². The number of nitrogens with two attached hydrogens (primary N) is 1. The minimum Gasteiger partial charge on any atom is -0.481 e. The van der Waals surface area contributed by atoms with Gasteiger partial charge in [0.2, 0.25) is 0 Å². The predicted octanol–water partition coefficient (Wildman–Crippen LogP) is 4.00. The number of aryl methyl sites for hydroxylation is 3. The third kappa shape index (κ3) is 3.86. The number of aromatic nitrogens is 4. The molecular formula is C27H27N5O3. The van der Waals surface area contributed by atoms with Crippen LogP contribution in [0.25, 0.3) is 22.1 Å². The molecule has 3 N–H and O–H groups in total. The maximum Gasteiger partial charge on any atom is 0.331 e. The minimum absolute atomic E-state index is 0.258. The van der Waals surface area contributed by atoms with Gasteiger partial charge in [-0.25, -0.2) is 9.78 Å². The van der Waals surface area contributed by atoms with Crippen LogP contribution in [0.4, 0.5) is 5.82 Å². The lowest BCUT2D eigenvalue weighted by Gasteiger charge is -2.17. The SMILES string of the molecule is Cc1cc(C)c2c(Cn3c(=O)n([C@H](CC(=O)O)c4ccccc4)c4nc(N)ccc43)cn(C)c2c1. The Morgan fingerprint density at radius 1 is 1.09 bits per heavy atom. The van der Waals surface area contributed by atoms with Gasteiger partial charge in [0.05, 0.1) is 24.5 Å². The van der Waals surface area contributed by atoms with E-state index in [-0.39, 0.29) is 17.9 Å². The number of rotatable bonds is 6. The lowest BCUT2D eigenvalue weighted by molar-refractivity contribution is -0.137. The molecular weight excluding hydrogens is 442 g/mol. The molecule has 0 unspecified atom stereocenters. The van der Waals surface area contributed by atoms with Crippen LogP contribution in [-0.2, 0) is 18.4 Å². The fourth-order valence-electron chi connectivity index (χ4n) is 5.10. The predicted molar refractivity (Wildman–Crippen MR) is 137 cm³/mol. The molecule has 0 aliphatic carbocycles. The number of nitrogens with zero attached hydrogens (tertiary/aromatic N) is 4. The maximum atomic E-state index is 13.9. The number of benzene rings is 2. The Labute approximate surface area is 201 Å². The zero-order valence-electron chi connectivity index (χ0n) is 19.9. The standard InChI is InChI=1S/C27H27N5O3/c1-16-11-17(2)25-19(14-30(3)22(25)12-16)15-31-20-9-10-23(28)29-26(20)32(27(31)35)21(13-24(33)34)18-7-5-4-6-8-18/h4-12,14,21H,13,15H2,1-3H3,(H2,28,29)(H,33,34)/t21-/m1/s1. The van der Waals surface area contributed by atoms with E-state index in [9.17, 15) is 14.7 Å². The van der Waals surface area contributed by atoms with Gasteiger partial charge in [-0.15, -0.1) is 0 Å². The first kappa shape index (κ1) is 22.5. The number of imidazole rings is 1. The quantitative estimate of drug-likeness (QED) is 0.391. The Morgan fingerprint density at radius 3 is 2.54 bits per heavy atom. The maximum absolute atomic E-state index is 13.9. The third-order valence-electron chi connectivity index (χ3n) is 6.53. The average Bonchev–Trinajstić information content (AvgIpc) is 3.26. The normalized spacial score (nSPS) is 12.4. The van der Waals surface area contributed by atoms with Crippen LogP contribution in [0.1, 0.15) is 34.7 Å². The third-order valence-corrected chi connectivity index (χ3v) is 6.53. The number of hydrogen-bond donors (Lipinski definition) is 2. The molecule has 0 saturated heterocycles. The monoisotopic (exact) mass is 469 g/mol. The number of pyridine rings is 1. The van der Waals surface area contributed by atoms with Crippen molar-refractivity contribution in [3.8, 4) is 0 Å². The Morgan fingerprint density at radius 2 is 1.83 bits per heavy atom. The summed E-state index contributed by atoms with van der Waals surface area (Å²) in [7, 11) is 2.00. The van der Waals surface area contributed by atoms with Crippen molar-refractivity contribution < 1.29 is 9.90 Å². The molecule has 0 bridgehead atoms. The fourth-order valence-corrected chi connectivity index (χ4v) is 5.10. The molecule has 2 aromatic carbocycles. The summed E-state index contributed by atoms with van der Waals surface area (Å²) in [4.78, 5) is 30.2. The lowest BCUT2D eigenvalue weighted by Crippen LogP contribution is -2.29. The van der Waals surface area contributed by atoms with Gasteiger partial charge in [0.15, 0.2) is 5.65 Å². The smallest absolute Gasteiger partial charge is 0.331 e. The summed E-state index contributed by atoms with van der Waals surface area (Å²) in [5, 5.41) is 10.8. The van der Waals surface area contributed by atoms with E-state index < -0.39 is 12.0 Å². The number of carboxylic acid groups (broad SMARTS) is 1. The molecule has 3 heterocycles. The molecule has 5 rings (SSSR count). The van der Waals surface area contributed by atoms with Crippen LogP contribution in [0.15, 0.2) is 65.6 Å². The molecule has 0 radical (unpaired) electrons. The first-order valence-corrected chi connectivity index (χ1v) is 11.4. The number of hydrogen-bond acceptors (Lipinski definition) is 4. The highest BCUT2D eigenvalue weighted by molar-refractivity contribution is 5.88. The van der Waals surface area contributed by atoms with E-state index in [2.05, 4.69) is 35.5 Å². The molecule has 8 heteroatoms. The van der Waals surface area contributed by atoms with Crippen molar-refractivity contribution in [2.75, 3.05) is 5.73 Å². The summed E-state index contributed by atoms with van der Waals surface area (Å²) >= 11 is 0. The summed E-state index contributed by atoms with van der Waals surface area (Å²) < 4.78 is 5.20. The molecule has 178 valence electrons. The summed E-state index contributed by atoms with van der Waals surface area (Å²) in [6.45, 7) is 4.47. The van der Waals surface area contributed by atoms with Gasteiger partial charge in [0.1, 0.15) is 5.82 Å². The molecule has 0 spiro atoms. The highest BCUT2D eigenvalue weighted by Gasteiger charge is 2.26. The molecule has 35 heavy (non-hydrogen) atoms. The second-order valence-corrected chi connectivity index (χ2v) is 9.08.